The van der Waals surface area contributed by atoms with Crippen molar-refractivity contribution in [2.45, 2.75) is 302 Å². The fraction of sp³-hybridized carbons (Fsp3) is 0.889. The first-order valence-corrected chi connectivity index (χ1v) is 26.6. The van der Waals surface area contributed by atoms with Gasteiger partial charge in [0, 0.05) is 6.42 Å². The molecule has 1 amide bonds. The van der Waals surface area contributed by atoms with Crippen molar-refractivity contribution in [2.24, 2.45) is 0 Å². The average Bonchev–Trinajstić information content (AvgIpc) is 3.24. The maximum atomic E-state index is 13.2. The Morgan fingerprint density at radius 3 is 1.25 bits per heavy atom. The molecule has 0 aliphatic carbocycles. The van der Waals surface area contributed by atoms with Gasteiger partial charge in [0.15, 0.2) is 0 Å². The van der Waals surface area contributed by atoms with Gasteiger partial charge in [-0.15, -0.1) is 0 Å². The van der Waals surface area contributed by atoms with Gasteiger partial charge >= 0.3 is 5.97 Å². The summed E-state index contributed by atoms with van der Waals surface area (Å²) in [6.45, 7) is 6.48. The summed E-state index contributed by atoms with van der Waals surface area (Å²) in [6, 6.07) is -0.705. The predicted octanol–water partition coefficient (Wildman–Crippen LogP) is 15.9. The molecule has 0 aliphatic rings. The highest BCUT2D eigenvalue weighted by Gasteiger charge is 2.24. The van der Waals surface area contributed by atoms with Crippen LogP contribution in [0.2, 0.25) is 0 Å². The Labute approximate surface area is 373 Å². The first-order chi connectivity index (χ1) is 29.5. The lowest BCUT2D eigenvalue weighted by Gasteiger charge is -2.24. The normalized spacial score (nSPS) is 13.3. The first-order valence-electron chi connectivity index (χ1n) is 26.6. The zero-order valence-corrected chi connectivity index (χ0v) is 40.4. The number of rotatable bonds is 48. The first kappa shape index (κ1) is 58.3. The van der Waals surface area contributed by atoms with Crippen LogP contribution < -0.4 is 5.32 Å². The molecule has 3 unspecified atom stereocenters. The summed E-state index contributed by atoms with van der Waals surface area (Å²) >= 11 is 0. The van der Waals surface area contributed by atoms with Gasteiger partial charge in [-0.25, -0.2) is 0 Å². The summed E-state index contributed by atoms with van der Waals surface area (Å²) < 4.78 is 5.91. The van der Waals surface area contributed by atoms with E-state index in [1.807, 2.05) is 0 Å². The van der Waals surface area contributed by atoms with Crippen molar-refractivity contribution in [1.29, 1.82) is 0 Å². The van der Waals surface area contributed by atoms with Gasteiger partial charge < -0.3 is 20.3 Å². The van der Waals surface area contributed by atoms with E-state index in [-0.39, 0.29) is 24.9 Å². The van der Waals surface area contributed by atoms with Crippen molar-refractivity contribution in [2.75, 3.05) is 6.61 Å². The van der Waals surface area contributed by atoms with E-state index in [0.29, 0.717) is 19.3 Å². The maximum absolute atomic E-state index is 13.2. The number of unbranched alkanes of at least 4 members (excludes halogenated alkanes) is 33. The molecular weight excluding hydrogens is 743 g/mol. The molecule has 0 aromatic carbocycles. The number of ether oxygens (including phenoxy) is 1. The van der Waals surface area contributed by atoms with Crippen LogP contribution in [0.15, 0.2) is 24.3 Å². The van der Waals surface area contributed by atoms with Crippen LogP contribution in [0.4, 0.5) is 0 Å². The van der Waals surface area contributed by atoms with E-state index >= 15 is 0 Å². The molecule has 3 atom stereocenters. The molecule has 6 heteroatoms. The molecule has 0 aliphatic heterocycles. The number of aliphatic hydroxyl groups excluding tert-OH is 2. The van der Waals surface area contributed by atoms with Gasteiger partial charge in [0.25, 0.3) is 0 Å². The Balaban J connectivity index is 4.52. The minimum absolute atomic E-state index is 0.0647. The van der Waals surface area contributed by atoms with Crippen LogP contribution in [-0.2, 0) is 14.3 Å². The summed E-state index contributed by atoms with van der Waals surface area (Å²) in [5, 5.41) is 23.8. The van der Waals surface area contributed by atoms with Crippen LogP contribution in [-0.4, -0.2) is 46.9 Å². The van der Waals surface area contributed by atoms with Crippen molar-refractivity contribution < 1.29 is 24.5 Å². The van der Waals surface area contributed by atoms with Crippen LogP contribution >= 0.6 is 0 Å². The second-order valence-electron chi connectivity index (χ2n) is 18.3. The Morgan fingerprint density at radius 2 is 0.833 bits per heavy atom. The number of carbonyl (C=O) groups is 2. The fourth-order valence-corrected chi connectivity index (χ4v) is 8.25. The SMILES string of the molecule is CCCCCCCCC/C=C/C=C/CCCCCC(CC(=O)NC(CO)C(O)CCCCCCCCCCCCCCCCCC)OC(=O)CCCCCCCCCCC. The van der Waals surface area contributed by atoms with Crippen molar-refractivity contribution >= 4 is 11.9 Å². The molecular formula is C54H103NO5. The van der Waals surface area contributed by atoms with Crippen molar-refractivity contribution in [1.82, 2.24) is 5.32 Å². The van der Waals surface area contributed by atoms with E-state index in [1.165, 1.54) is 173 Å². The maximum Gasteiger partial charge on any atom is 0.306 e. The van der Waals surface area contributed by atoms with Gasteiger partial charge in [0.05, 0.1) is 25.2 Å². The third-order valence-electron chi connectivity index (χ3n) is 12.3. The monoisotopic (exact) mass is 846 g/mol. The average molecular weight is 846 g/mol. The van der Waals surface area contributed by atoms with Crippen LogP contribution in [0.5, 0.6) is 0 Å². The largest absolute Gasteiger partial charge is 0.462 e. The van der Waals surface area contributed by atoms with Gasteiger partial charge in [-0.1, -0.05) is 244 Å². The van der Waals surface area contributed by atoms with Crippen molar-refractivity contribution in [3.63, 3.8) is 0 Å². The van der Waals surface area contributed by atoms with Gasteiger partial charge in [-0.05, 0) is 51.4 Å². The summed E-state index contributed by atoms with van der Waals surface area (Å²) in [5.74, 6) is -0.489. The molecule has 0 bridgehead atoms. The number of aliphatic hydroxyl groups is 2. The summed E-state index contributed by atoms with van der Waals surface area (Å²) in [4.78, 5) is 26.1. The molecule has 0 saturated heterocycles. The standard InChI is InChI=1S/C54H103NO5/c1-4-7-10-13-16-19-21-23-25-27-29-31-34-36-39-42-45-50(60-54(59)47-44-41-38-33-18-15-12-9-6-3)48-53(58)55-51(49-56)52(57)46-43-40-37-35-32-30-28-26-24-22-20-17-14-11-8-5-2/h25,27,29,31,50-52,56-57H,4-24,26,28,30,32-49H2,1-3H3,(H,55,58)/b27-25+,31-29+. The molecule has 0 aromatic heterocycles. The van der Waals surface area contributed by atoms with Gasteiger partial charge in [-0.2, -0.15) is 0 Å². The van der Waals surface area contributed by atoms with Crippen LogP contribution in [0.3, 0.4) is 0 Å². The molecule has 60 heavy (non-hydrogen) atoms. The van der Waals surface area contributed by atoms with Gasteiger partial charge in [0.1, 0.15) is 6.10 Å². The highest BCUT2D eigenvalue weighted by atomic mass is 16.5. The number of hydrogen-bond donors (Lipinski definition) is 3. The zero-order chi connectivity index (χ0) is 43.8. The molecule has 6 nitrogen and oxygen atoms in total. The Bertz CT molecular complexity index is 950. The smallest absolute Gasteiger partial charge is 0.306 e. The number of carbonyl (C=O) groups excluding carboxylic acids is 2. The topological polar surface area (TPSA) is 95.9 Å². The summed E-state index contributed by atoms with van der Waals surface area (Å²) in [6.07, 6.45) is 55.3. The third kappa shape index (κ3) is 43.0. The highest BCUT2D eigenvalue weighted by Crippen LogP contribution is 2.18. The number of allylic oxidation sites excluding steroid dienone is 4. The Kier molecular flexibility index (Phi) is 47.0. The molecule has 0 fully saturated rings. The van der Waals surface area contributed by atoms with Gasteiger partial charge in [0.2, 0.25) is 5.91 Å². The van der Waals surface area contributed by atoms with Crippen molar-refractivity contribution in [3.8, 4) is 0 Å². The molecule has 0 heterocycles. The van der Waals surface area contributed by atoms with Crippen LogP contribution in [0.25, 0.3) is 0 Å². The second kappa shape index (κ2) is 48.4. The Morgan fingerprint density at radius 1 is 0.483 bits per heavy atom. The van der Waals surface area contributed by atoms with E-state index in [2.05, 4.69) is 50.4 Å². The summed E-state index contributed by atoms with van der Waals surface area (Å²) in [5.41, 5.74) is 0. The lowest BCUT2D eigenvalue weighted by molar-refractivity contribution is -0.151. The lowest BCUT2D eigenvalue weighted by atomic mass is 10.0. The molecule has 0 saturated carbocycles. The molecule has 0 aromatic rings. The van der Waals surface area contributed by atoms with E-state index in [9.17, 15) is 19.8 Å². The number of hydrogen-bond acceptors (Lipinski definition) is 5. The molecule has 0 radical (unpaired) electrons. The van der Waals surface area contributed by atoms with E-state index in [0.717, 1.165) is 64.2 Å². The minimum Gasteiger partial charge on any atom is -0.462 e. The van der Waals surface area contributed by atoms with E-state index < -0.39 is 18.2 Å². The molecule has 3 N–H and O–H groups in total. The van der Waals surface area contributed by atoms with E-state index in [4.69, 9.17) is 4.74 Å². The van der Waals surface area contributed by atoms with Crippen molar-refractivity contribution in [3.05, 3.63) is 24.3 Å². The quantitative estimate of drug-likeness (QED) is 0.0322. The Hall–Kier alpha value is -1.66. The second-order valence-corrected chi connectivity index (χ2v) is 18.3. The molecule has 0 rings (SSSR count). The number of nitrogens with one attached hydrogen (secondary N) is 1. The lowest BCUT2D eigenvalue weighted by Crippen LogP contribution is -2.46. The van der Waals surface area contributed by atoms with Crippen LogP contribution in [0, 0.1) is 0 Å². The summed E-state index contributed by atoms with van der Waals surface area (Å²) in [7, 11) is 0. The molecule has 0 spiro atoms. The third-order valence-corrected chi connectivity index (χ3v) is 12.3. The van der Waals surface area contributed by atoms with E-state index in [1.54, 1.807) is 0 Å². The predicted molar refractivity (Wildman–Crippen MR) is 260 cm³/mol. The fourth-order valence-electron chi connectivity index (χ4n) is 8.25. The van der Waals surface area contributed by atoms with Crippen LogP contribution in [0.1, 0.15) is 284 Å². The minimum atomic E-state index is -0.790. The highest BCUT2D eigenvalue weighted by molar-refractivity contribution is 5.77. The van der Waals surface area contributed by atoms with Gasteiger partial charge in [-0.3, -0.25) is 9.59 Å². The number of amides is 1. The number of esters is 1. The zero-order valence-electron chi connectivity index (χ0n) is 40.4. The molecule has 354 valence electrons.